The fraction of sp³-hybridized carbons (Fsp3) is 0.950. The SMILES string of the molecule is C[C@]12CCCCC1CC[C@@H]1[C@@H]2CC[C@]2(C)C(C(=O)O)CC[C@@]12N=[N+]=[N-]. The zero-order valence-corrected chi connectivity index (χ0v) is 15.6. The van der Waals surface area contributed by atoms with Gasteiger partial charge in [-0.05, 0) is 85.5 Å². The Morgan fingerprint density at radius 2 is 1.84 bits per heavy atom. The van der Waals surface area contributed by atoms with Crippen molar-refractivity contribution in [2.45, 2.75) is 83.6 Å². The van der Waals surface area contributed by atoms with Gasteiger partial charge in [-0.3, -0.25) is 4.79 Å². The van der Waals surface area contributed by atoms with E-state index in [0.717, 1.165) is 31.6 Å². The smallest absolute Gasteiger partial charge is 0.307 e. The van der Waals surface area contributed by atoms with Crippen molar-refractivity contribution >= 4 is 5.97 Å². The van der Waals surface area contributed by atoms with Crippen LogP contribution in [0.1, 0.15) is 78.1 Å². The number of hydrogen-bond donors (Lipinski definition) is 1. The van der Waals surface area contributed by atoms with Gasteiger partial charge in [0.1, 0.15) is 0 Å². The molecule has 1 N–H and O–H groups in total. The highest BCUT2D eigenvalue weighted by atomic mass is 16.4. The summed E-state index contributed by atoms with van der Waals surface area (Å²) in [5.41, 5.74) is 8.89. The molecule has 4 rings (SSSR count). The average molecular weight is 345 g/mol. The summed E-state index contributed by atoms with van der Waals surface area (Å²) in [4.78, 5) is 15.2. The van der Waals surface area contributed by atoms with Crippen LogP contribution in [0.5, 0.6) is 0 Å². The fourth-order valence-corrected chi connectivity index (χ4v) is 7.98. The Labute approximate surface area is 150 Å². The predicted octanol–water partition coefficient (Wildman–Crippen LogP) is 5.55. The van der Waals surface area contributed by atoms with Crippen molar-refractivity contribution in [3.63, 3.8) is 0 Å². The van der Waals surface area contributed by atoms with Crippen LogP contribution >= 0.6 is 0 Å². The molecule has 0 aromatic rings. The summed E-state index contributed by atoms with van der Waals surface area (Å²) in [5.74, 6) is 0.708. The molecule has 138 valence electrons. The van der Waals surface area contributed by atoms with Crippen LogP contribution < -0.4 is 0 Å². The molecule has 5 nitrogen and oxygen atoms in total. The normalized spacial score (nSPS) is 51.6. The van der Waals surface area contributed by atoms with Gasteiger partial charge in [-0.1, -0.05) is 31.8 Å². The van der Waals surface area contributed by atoms with Gasteiger partial charge < -0.3 is 5.11 Å². The highest BCUT2D eigenvalue weighted by Gasteiger charge is 2.68. The van der Waals surface area contributed by atoms with Gasteiger partial charge >= 0.3 is 5.97 Å². The molecule has 0 saturated heterocycles. The molecule has 4 saturated carbocycles. The maximum absolute atomic E-state index is 11.9. The number of carboxylic acids is 1. The molecule has 0 aromatic carbocycles. The highest BCUT2D eigenvalue weighted by molar-refractivity contribution is 5.72. The zero-order valence-electron chi connectivity index (χ0n) is 15.6. The second-order valence-corrected chi connectivity index (χ2v) is 9.74. The number of azide groups is 1. The minimum Gasteiger partial charge on any atom is -0.481 e. The number of carbonyl (C=O) groups is 1. The average Bonchev–Trinajstić information content (AvgIpc) is 2.88. The van der Waals surface area contributed by atoms with E-state index in [2.05, 4.69) is 23.9 Å². The zero-order chi connectivity index (χ0) is 17.9. The van der Waals surface area contributed by atoms with Gasteiger partial charge in [-0.15, -0.1) is 0 Å². The van der Waals surface area contributed by atoms with Gasteiger partial charge in [-0.2, -0.15) is 0 Å². The maximum Gasteiger partial charge on any atom is 0.307 e. The van der Waals surface area contributed by atoms with Gasteiger partial charge in [-0.25, -0.2) is 0 Å². The number of carboxylic acid groups (broad SMARTS) is 1. The van der Waals surface area contributed by atoms with E-state index >= 15 is 0 Å². The quantitative estimate of drug-likeness (QED) is 0.404. The summed E-state index contributed by atoms with van der Waals surface area (Å²) in [5, 5.41) is 14.3. The van der Waals surface area contributed by atoms with E-state index in [1.54, 1.807) is 0 Å². The van der Waals surface area contributed by atoms with Crippen molar-refractivity contribution in [1.82, 2.24) is 0 Å². The van der Waals surface area contributed by atoms with Gasteiger partial charge in [0.25, 0.3) is 0 Å². The number of hydrogen-bond acceptors (Lipinski definition) is 2. The van der Waals surface area contributed by atoms with Crippen LogP contribution in [-0.4, -0.2) is 16.6 Å². The van der Waals surface area contributed by atoms with E-state index < -0.39 is 11.5 Å². The fourth-order valence-electron chi connectivity index (χ4n) is 7.98. The molecule has 25 heavy (non-hydrogen) atoms. The Bertz CT molecular complexity index is 630. The lowest BCUT2D eigenvalue weighted by atomic mass is 9.43. The standard InChI is InChI=1S/C20H31N3O2/c1-18-10-4-3-5-13(18)6-7-15-14(18)8-11-19(2)16(17(24)25)9-12-20(15,19)22-23-21/h13-16H,3-12H2,1-2H3,(H,24,25)/t13?,14-,15+,16?,18-,19+,20+/m0/s1. The molecule has 0 radical (unpaired) electrons. The highest BCUT2D eigenvalue weighted by Crippen LogP contribution is 2.70. The molecule has 0 aliphatic heterocycles. The van der Waals surface area contributed by atoms with E-state index in [4.69, 9.17) is 0 Å². The van der Waals surface area contributed by atoms with Gasteiger partial charge in [0.15, 0.2) is 0 Å². The second-order valence-electron chi connectivity index (χ2n) is 9.74. The number of rotatable bonds is 2. The first-order valence-corrected chi connectivity index (χ1v) is 10.2. The van der Waals surface area contributed by atoms with Crippen molar-refractivity contribution in [2.75, 3.05) is 0 Å². The molecular formula is C20H31N3O2. The van der Waals surface area contributed by atoms with Crippen molar-refractivity contribution in [2.24, 2.45) is 39.6 Å². The van der Waals surface area contributed by atoms with E-state index in [1.807, 2.05) is 0 Å². The minimum atomic E-state index is -0.700. The molecule has 5 heteroatoms. The Morgan fingerprint density at radius 1 is 1.04 bits per heavy atom. The monoisotopic (exact) mass is 345 g/mol. The van der Waals surface area contributed by atoms with E-state index in [0.29, 0.717) is 23.7 Å². The largest absolute Gasteiger partial charge is 0.481 e. The summed E-state index contributed by atoms with van der Waals surface area (Å²) in [6.45, 7) is 4.60. The summed E-state index contributed by atoms with van der Waals surface area (Å²) < 4.78 is 0. The maximum atomic E-state index is 11.9. The molecule has 0 spiro atoms. The van der Waals surface area contributed by atoms with Crippen molar-refractivity contribution in [3.05, 3.63) is 10.4 Å². The third kappa shape index (κ3) is 2.08. The van der Waals surface area contributed by atoms with E-state index in [1.165, 1.54) is 32.1 Å². The molecule has 7 atom stereocenters. The molecule has 4 fully saturated rings. The summed E-state index contributed by atoms with van der Waals surface area (Å²) in [6, 6.07) is 0. The Hall–Kier alpha value is -1.22. The first-order valence-electron chi connectivity index (χ1n) is 10.2. The van der Waals surface area contributed by atoms with E-state index in [-0.39, 0.29) is 11.3 Å². The van der Waals surface area contributed by atoms with Crippen LogP contribution in [0.15, 0.2) is 5.11 Å². The first-order chi connectivity index (χ1) is 11.9. The first kappa shape index (κ1) is 17.2. The van der Waals surface area contributed by atoms with Crippen molar-refractivity contribution in [1.29, 1.82) is 0 Å². The molecule has 0 aromatic heterocycles. The van der Waals surface area contributed by atoms with Gasteiger partial charge in [0, 0.05) is 4.91 Å². The Balaban J connectivity index is 1.78. The van der Waals surface area contributed by atoms with Gasteiger partial charge in [0.05, 0.1) is 11.5 Å². The molecule has 0 amide bonds. The third-order valence-corrected chi connectivity index (χ3v) is 9.29. The van der Waals surface area contributed by atoms with Crippen LogP contribution in [0.2, 0.25) is 0 Å². The number of nitrogens with zero attached hydrogens (tertiary/aromatic N) is 3. The molecule has 2 unspecified atom stereocenters. The van der Waals surface area contributed by atoms with Crippen molar-refractivity contribution < 1.29 is 9.90 Å². The molecule has 0 bridgehead atoms. The van der Waals surface area contributed by atoms with Crippen LogP contribution in [0.25, 0.3) is 10.4 Å². The van der Waals surface area contributed by atoms with E-state index in [9.17, 15) is 15.4 Å². The molecule has 4 aliphatic rings. The summed E-state index contributed by atoms with van der Waals surface area (Å²) in [7, 11) is 0. The molecule has 0 heterocycles. The molecule has 4 aliphatic carbocycles. The third-order valence-electron chi connectivity index (χ3n) is 9.29. The number of aliphatic carboxylic acids is 1. The second kappa shape index (κ2) is 5.64. The Kier molecular flexibility index (Phi) is 3.88. The predicted molar refractivity (Wildman–Crippen MR) is 95.9 cm³/mol. The summed E-state index contributed by atoms with van der Waals surface area (Å²) in [6.07, 6.45) is 11.1. The van der Waals surface area contributed by atoms with Gasteiger partial charge in [0.2, 0.25) is 0 Å². The van der Waals surface area contributed by atoms with Crippen LogP contribution in [0.3, 0.4) is 0 Å². The van der Waals surface area contributed by atoms with Crippen LogP contribution in [0, 0.1) is 34.5 Å². The topological polar surface area (TPSA) is 86.1 Å². The summed E-state index contributed by atoms with van der Waals surface area (Å²) >= 11 is 0. The molecular weight excluding hydrogens is 314 g/mol. The lowest BCUT2D eigenvalue weighted by Gasteiger charge is -2.63. The number of fused-ring (bicyclic) bond motifs is 5. The minimum absolute atomic E-state index is 0.363. The Morgan fingerprint density at radius 3 is 2.56 bits per heavy atom. The lowest BCUT2D eigenvalue weighted by Crippen LogP contribution is -2.61. The van der Waals surface area contributed by atoms with Crippen LogP contribution in [0.4, 0.5) is 0 Å². The van der Waals surface area contributed by atoms with Crippen LogP contribution in [-0.2, 0) is 4.79 Å². The van der Waals surface area contributed by atoms with Crippen molar-refractivity contribution in [3.8, 4) is 0 Å². The lowest BCUT2D eigenvalue weighted by molar-refractivity contribution is -0.154.